The molecule has 0 bridgehead atoms. The molecule has 55 heavy (non-hydrogen) atoms. The average Bonchev–Trinajstić information content (AvgIpc) is 3.22. The summed E-state index contributed by atoms with van der Waals surface area (Å²) in [4.78, 5) is 0. The monoisotopic (exact) mass is 767 g/mol. The Morgan fingerprint density at radius 1 is 0.455 bits per heavy atom. The topological polar surface area (TPSA) is 9.23 Å². The summed E-state index contributed by atoms with van der Waals surface area (Å²) in [5.74, 6) is 1.10. The van der Waals surface area contributed by atoms with E-state index in [1.165, 1.54) is 116 Å². The molecule has 0 heterocycles. The van der Waals surface area contributed by atoms with Gasteiger partial charge in [0.25, 0.3) is 0 Å². The molecule has 4 aliphatic carbocycles. The minimum absolute atomic E-state index is 0.00456. The lowest BCUT2D eigenvalue weighted by molar-refractivity contribution is -0.0962. The third-order valence-electron chi connectivity index (χ3n) is 15.4. The SMILES string of the molecule is CCCCCCC1CCC(C2CCC(C(OC(c3cccc(F)c3F)C3CCC(C4CCC(CCCCCC)CC4)CC3)c3cccc(F)c3F)CC2)CC1. The van der Waals surface area contributed by atoms with Crippen molar-refractivity contribution in [3.63, 3.8) is 0 Å². The summed E-state index contributed by atoms with van der Waals surface area (Å²) in [7, 11) is 0. The van der Waals surface area contributed by atoms with Crippen molar-refractivity contribution in [3.05, 3.63) is 70.8 Å². The molecule has 0 radical (unpaired) electrons. The fraction of sp³-hybridized carbons (Fsp3) is 0.760. The van der Waals surface area contributed by atoms with Crippen LogP contribution in [0.4, 0.5) is 17.6 Å². The van der Waals surface area contributed by atoms with E-state index in [1.807, 2.05) is 0 Å². The van der Waals surface area contributed by atoms with E-state index in [9.17, 15) is 8.78 Å². The largest absolute Gasteiger partial charge is 0.365 e. The lowest BCUT2D eigenvalue weighted by Crippen LogP contribution is -2.32. The quantitative estimate of drug-likeness (QED) is 0.108. The highest BCUT2D eigenvalue weighted by molar-refractivity contribution is 5.25. The Hall–Kier alpha value is -1.88. The molecule has 0 spiro atoms. The Labute approximate surface area is 332 Å². The molecular weight excluding hydrogens is 693 g/mol. The lowest BCUT2D eigenvalue weighted by atomic mass is 9.67. The summed E-state index contributed by atoms with van der Waals surface area (Å²) in [5.41, 5.74) is 0.461. The molecule has 4 fully saturated rings. The van der Waals surface area contributed by atoms with Crippen LogP contribution in [0.1, 0.15) is 204 Å². The van der Waals surface area contributed by atoms with E-state index < -0.39 is 35.5 Å². The van der Waals surface area contributed by atoms with E-state index in [1.54, 1.807) is 24.3 Å². The van der Waals surface area contributed by atoms with Crippen molar-refractivity contribution in [1.29, 1.82) is 0 Å². The van der Waals surface area contributed by atoms with E-state index in [-0.39, 0.29) is 23.0 Å². The molecule has 0 amide bonds. The van der Waals surface area contributed by atoms with Crippen LogP contribution in [0.25, 0.3) is 0 Å². The van der Waals surface area contributed by atoms with Crippen molar-refractivity contribution in [3.8, 4) is 0 Å². The van der Waals surface area contributed by atoms with Crippen LogP contribution >= 0.6 is 0 Å². The Balaban J connectivity index is 1.12. The first kappa shape index (κ1) is 42.7. The number of hydrogen-bond acceptors (Lipinski definition) is 1. The van der Waals surface area contributed by atoms with Gasteiger partial charge in [0.1, 0.15) is 0 Å². The second-order valence-corrected chi connectivity index (χ2v) is 18.9. The molecule has 2 aromatic rings. The molecule has 0 N–H and O–H groups in total. The van der Waals surface area contributed by atoms with Crippen molar-refractivity contribution < 1.29 is 22.3 Å². The molecule has 2 aromatic carbocycles. The van der Waals surface area contributed by atoms with Gasteiger partial charge in [0.15, 0.2) is 23.3 Å². The molecule has 0 aliphatic heterocycles. The van der Waals surface area contributed by atoms with Gasteiger partial charge in [-0.3, -0.25) is 0 Å². The van der Waals surface area contributed by atoms with Gasteiger partial charge in [0.2, 0.25) is 0 Å². The van der Waals surface area contributed by atoms with E-state index in [4.69, 9.17) is 4.74 Å². The summed E-state index contributed by atoms with van der Waals surface area (Å²) < 4.78 is 68.4. The van der Waals surface area contributed by atoms with Gasteiger partial charge in [-0.05, 0) is 137 Å². The zero-order valence-corrected chi connectivity index (χ0v) is 34.5. The molecule has 4 saturated carbocycles. The van der Waals surface area contributed by atoms with Gasteiger partial charge in [-0.15, -0.1) is 0 Å². The fourth-order valence-electron chi connectivity index (χ4n) is 12.0. The van der Waals surface area contributed by atoms with Crippen LogP contribution in [0.15, 0.2) is 36.4 Å². The molecule has 0 aromatic heterocycles. The van der Waals surface area contributed by atoms with Gasteiger partial charge >= 0.3 is 0 Å². The second kappa shape index (κ2) is 21.8. The predicted molar refractivity (Wildman–Crippen MR) is 219 cm³/mol. The molecule has 4 aliphatic rings. The zero-order chi connectivity index (χ0) is 38.6. The van der Waals surface area contributed by atoms with E-state index in [2.05, 4.69) is 13.8 Å². The van der Waals surface area contributed by atoms with Gasteiger partial charge in [-0.25, -0.2) is 17.6 Å². The highest BCUT2D eigenvalue weighted by atomic mass is 19.2. The van der Waals surface area contributed by atoms with Crippen LogP contribution in [0.3, 0.4) is 0 Å². The molecule has 2 atom stereocenters. The van der Waals surface area contributed by atoms with Crippen LogP contribution < -0.4 is 0 Å². The molecule has 6 rings (SSSR count). The summed E-state index contributed by atoms with van der Waals surface area (Å²) in [6, 6.07) is 8.79. The number of rotatable bonds is 18. The number of hydrogen-bond donors (Lipinski definition) is 0. The molecule has 2 unspecified atom stereocenters. The molecule has 0 saturated heterocycles. The first-order chi connectivity index (χ1) is 26.9. The van der Waals surface area contributed by atoms with Crippen molar-refractivity contribution in [1.82, 2.24) is 0 Å². The number of benzene rings is 2. The molecular formula is C50H74F4O. The first-order valence-electron chi connectivity index (χ1n) is 23.4. The van der Waals surface area contributed by atoms with Crippen molar-refractivity contribution in [2.75, 3.05) is 0 Å². The average molecular weight is 767 g/mol. The maximum Gasteiger partial charge on any atom is 0.164 e. The highest BCUT2D eigenvalue weighted by Gasteiger charge is 2.41. The van der Waals surface area contributed by atoms with Gasteiger partial charge < -0.3 is 4.74 Å². The molecule has 1 nitrogen and oxygen atoms in total. The van der Waals surface area contributed by atoms with E-state index >= 15 is 8.78 Å². The van der Waals surface area contributed by atoms with Gasteiger partial charge in [0.05, 0.1) is 12.2 Å². The Morgan fingerprint density at radius 2 is 0.800 bits per heavy atom. The Bertz CT molecular complexity index is 1290. The maximum absolute atomic E-state index is 15.8. The van der Waals surface area contributed by atoms with E-state index in [0.29, 0.717) is 11.8 Å². The Kier molecular flexibility index (Phi) is 16.9. The lowest BCUT2D eigenvalue weighted by Gasteiger charge is -2.43. The van der Waals surface area contributed by atoms with Crippen LogP contribution in [0.2, 0.25) is 0 Å². The van der Waals surface area contributed by atoms with Gasteiger partial charge in [-0.2, -0.15) is 0 Å². The summed E-state index contributed by atoms with van der Waals surface area (Å²) in [5, 5.41) is 0. The van der Waals surface area contributed by atoms with Crippen LogP contribution in [-0.4, -0.2) is 0 Å². The van der Waals surface area contributed by atoms with Crippen molar-refractivity contribution in [2.45, 2.75) is 193 Å². The number of ether oxygens (including phenoxy) is 1. The third kappa shape index (κ3) is 11.6. The van der Waals surface area contributed by atoms with Crippen molar-refractivity contribution >= 4 is 0 Å². The van der Waals surface area contributed by atoms with Crippen LogP contribution in [0.5, 0.6) is 0 Å². The minimum atomic E-state index is -0.879. The van der Waals surface area contributed by atoms with Crippen molar-refractivity contribution in [2.24, 2.45) is 47.3 Å². The number of halogens is 4. The van der Waals surface area contributed by atoms with E-state index in [0.717, 1.165) is 87.2 Å². The summed E-state index contributed by atoms with van der Waals surface area (Å²) in [6.07, 6.45) is 30.5. The predicted octanol–water partition coefficient (Wildman–Crippen LogP) is 16.2. The maximum atomic E-state index is 15.8. The van der Waals surface area contributed by atoms with Gasteiger partial charge in [-0.1, -0.05) is 128 Å². The third-order valence-corrected chi connectivity index (χ3v) is 15.4. The standard InChI is InChI=1S/C50H74F4O/c1-3-5-7-9-13-35-19-23-37(24-20-35)39-27-31-41(32-28-39)49(43-15-11-17-45(51)47(43)53)55-50(44-16-12-18-46(52)48(44)54)42-33-29-40(30-34-42)38-25-21-36(22-26-38)14-10-8-6-4-2/h11-12,15-18,35-42,49-50H,3-10,13-14,19-34H2,1-2H3. The number of unbranched alkanes of at least 4 members (excludes halogenated alkanes) is 6. The second-order valence-electron chi connectivity index (χ2n) is 18.9. The molecule has 5 heteroatoms. The van der Waals surface area contributed by atoms with Gasteiger partial charge in [0, 0.05) is 11.1 Å². The smallest absolute Gasteiger partial charge is 0.164 e. The zero-order valence-electron chi connectivity index (χ0n) is 34.5. The molecule has 308 valence electrons. The summed E-state index contributed by atoms with van der Waals surface area (Å²) >= 11 is 0. The normalized spacial score (nSPS) is 30.2. The van der Waals surface area contributed by atoms with Crippen LogP contribution in [-0.2, 0) is 4.74 Å². The first-order valence-corrected chi connectivity index (χ1v) is 23.4. The minimum Gasteiger partial charge on any atom is -0.365 e. The highest BCUT2D eigenvalue weighted by Crippen LogP contribution is 2.51. The Morgan fingerprint density at radius 3 is 1.15 bits per heavy atom. The fourth-order valence-corrected chi connectivity index (χ4v) is 12.0. The summed E-state index contributed by atoms with van der Waals surface area (Å²) in [6.45, 7) is 4.55. The van der Waals surface area contributed by atoms with Crippen LogP contribution in [0, 0.1) is 70.6 Å².